The van der Waals surface area contributed by atoms with Gasteiger partial charge < -0.3 is 14.8 Å². The van der Waals surface area contributed by atoms with Gasteiger partial charge in [0.2, 0.25) is 0 Å². The minimum Gasteiger partial charge on any atom is -0.355 e. The van der Waals surface area contributed by atoms with Crippen LogP contribution in [0.25, 0.3) is 0 Å². The van der Waals surface area contributed by atoms with Crippen LogP contribution in [-0.2, 0) is 9.47 Å². The Labute approximate surface area is 79.8 Å². The first-order chi connectivity index (χ1) is 6.18. The first-order valence-corrected chi connectivity index (χ1v) is 5.11. The second kappa shape index (κ2) is 3.56. The Bertz CT molecular complexity index is 176. The Hall–Kier alpha value is -0.120. The van der Waals surface area contributed by atoms with Crippen molar-refractivity contribution in [2.24, 2.45) is 5.41 Å². The Morgan fingerprint density at radius 2 is 2.23 bits per heavy atom. The van der Waals surface area contributed by atoms with E-state index in [1.54, 1.807) is 0 Å². The molecule has 0 aromatic rings. The SMILES string of the molecule is CC1(C)CC1NCC1CCOCO1. The van der Waals surface area contributed by atoms with Crippen LogP contribution in [-0.4, -0.2) is 32.1 Å². The summed E-state index contributed by atoms with van der Waals surface area (Å²) in [7, 11) is 0. The molecule has 2 atom stereocenters. The lowest BCUT2D eigenvalue weighted by Gasteiger charge is -2.23. The maximum absolute atomic E-state index is 5.44. The first-order valence-electron chi connectivity index (χ1n) is 5.11. The lowest BCUT2D eigenvalue weighted by atomic mass is 10.2. The fourth-order valence-electron chi connectivity index (χ4n) is 1.75. The van der Waals surface area contributed by atoms with Gasteiger partial charge in [0.05, 0.1) is 12.7 Å². The van der Waals surface area contributed by atoms with E-state index in [1.165, 1.54) is 6.42 Å². The first kappa shape index (κ1) is 9.44. The third-order valence-corrected chi connectivity index (χ3v) is 3.08. The molecule has 0 aromatic heterocycles. The summed E-state index contributed by atoms with van der Waals surface area (Å²) in [5, 5.41) is 3.54. The molecule has 0 bridgehead atoms. The number of hydrogen-bond acceptors (Lipinski definition) is 3. The van der Waals surface area contributed by atoms with Crippen molar-refractivity contribution in [2.75, 3.05) is 19.9 Å². The predicted molar refractivity (Wildman–Crippen MR) is 50.5 cm³/mol. The molecule has 0 amide bonds. The van der Waals surface area contributed by atoms with Gasteiger partial charge >= 0.3 is 0 Å². The quantitative estimate of drug-likeness (QED) is 0.715. The molecule has 2 unspecified atom stereocenters. The maximum atomic E-state index is 5.44. The van der Waals surface area contributed by atoms with Gasteiger partial charge in [0, 0.05) is 12.6 Å². The number of nitrogens with one attached hydrogen (secondary N) is 1. The van der Waals surface area contributed by atoms with Crippen LogP contribution in [0, 0.1) is 5.41 Å². The Morgan fingerprint density at radius 3 is 2.77 bits per heavy atom. The summed E-state index contributed by atoms with van der Waals surface area (Å²) in [5.74, 6) is 0. The predicted octanol–water partition coefficient (Wildman–Crippen LogP) is 1.14. The molecule has 0 spiro atoms. The van der Waals surface area contributed by atoms with Crippen LogP contribution < -0.4 is 5.32 Å². The van der Waals surface area contributed by atoms with E-state index >= 15 is 0 Å². The number of ether oxygens (including phenoxy) is 2. The van der Waals surface area contributed by atoms with Gasteiger partial charge in [0.25, 0.3) is 0 Å². The Balaban J connectivity index is 1.62. The van der Waals surface area contributed by atoms with Gasteiger partial charge in [0.1, 0.15) is 6.79 Å². The largest absolute Gasteiger partial charge is 0.355 e. The van der Waals surface area contributed by atoms with Crippen LogP contribution >= 0.6 is 0 Å². The molecule has 1 N–H and O–H groups in total. The maximum Gasteiger partial charge on any atom is 0.147 e. The van der Waals surface area contributed by atoms with Gasteiger partial charge in [-0.25, -0.2) is 0 Å². The zero-order valence-corrected chi connectivity index (χ0v) is 8.51. The lowest BCUT2D eigenvalue weighted by molar-refractivity contribution is -0.137. The van der Waals surface area contributed by atoms with Crippen molar-refractivity contribution in [1.29, 1.82) is 0 Å². The van der Waals surface area contributed by atoms with Gasteiger partial charge in [0.15, 0.2) is 0 Å². The van der Waals surface area contributed by atoms with E-state index in [-0.39, 0.29) is 0 Å². The van der Waals surface area contributed by atoms with E-state index in [0.717, 1.165) is 19.6 Å². The molecule has 2 aliphatic rings. The van der Waals surface area contributed by atoms with Crippen LogP contribution in [0.1, 0.15) is 26.7 Å². The van der Waals surface area contributed by atoms with Crippen LogP contribution in [0.3, 0.4) is 0 Å². The van der Waals surface area contributed by atoms with Gasteiger partial charge in [-0.15, -0.1) is 0 Å². The third kappa shape index (κ3) is 2.42. The van der Waals surface area contributed by atoms with Crippen molar-refractivity contribution in [2.45, 2.75) is 38.8 Å². The summed E-state index contributed by atoms with van der Waals surface area (Å²) in [6, 6.07) is 0.707. The van der Waals surface area contributed by atoms with E-state index in [4.69, 9.17) is 9.47 Å². The van der Waals surface area contributed by atoms with Crippen LogP contribution in [0.2, 0.25) is 0 Å². The molecule has 13 heavy (non-hydrogen) atoms. The normalized spacial score (nSPS) is 37.4. The molecule has 1 aliphatic carbocycles. The molecule has 2 fully saturated rings. The zero-order chi connectivity index (χ0) is 9.31. The van der Waals surface area contributed by atoms with E-state index in [9.17, 15) is 0 Å². The van der Waals surface area contributed by atoms with Crippen LogP contribution in [0.4, 0.5) is 0 Å². The highest BCUT2D eigenvalue weighted by Crippen LogP contribution is 2.44. The zero-order valence-electron chi connectivity index (χ0n) is 8.51. The van der Waals surface area contributed by atoms with Crippen molar-refractivity contribution in [3.8, 4) is 0 Å². The molecule has 2 rings (SSSR count). The Kier molecular flexibility index (Phi) is 2.58. The molecule has 3 nitrogen and oxygen atoms in total. The molecule has 1 saturated heterocycles. The molecule has 76 valence electrons. The molecule has 3 heteroatoms. The molecular formula is C10H19NO2. The van der Waals surface area contributed by atoms with Gasteiger partial charge in [-0.2, -0.15) is 0 Å². The molecule has 1 heterocycles. The molecule has 0 aromatic carbocycles. The van der Waals surface area contributed by atoms with E-state index in [1.807, 2.05) is 0 Å². The van der Waals surface area contributed by atoms with Crippen molar-refractivity contribution in [3.63, 3.8) is 0 Å². The molecule has 0 radical (unpaired) electrons. The summed E-state index contributed by atoms with van der Waals surface area (Å²) < 4.78 is 10.6. The fraction of sp³-hybridized carbons (Fsp3) is 1.00. The average Bonchev–Trinajstić information content (AvgIpc) is 2.73. The highest BCUT2D eigenvalue weighted by atomic mass is 16.7. The highest BCUT2D eigenvalue weighted by Gasteiger charge is 2.45. The van der Waals surface area contributed by atoms with E-state index in [0.29, 0.717) is 24.4 Å². The molecule has 1 saturated carbocycles. The standard InChI is InChI=1S/C10H19NO2/c1-10(2)5-9(10)11-6-8-3-4-12-7-13-8/h8-9,11H,3-7H2,1-2H3. The average molecular weight is 185 g/mol. The minimum absolute atomic E-state index is 0.366. The smallest absolute Gasteiger partial charge is 0.147 e. The topological polar surface area (TPSA) is 30.5 Å². The van der Waals surface area contributed by atoms with Crippen molar-refractivity contribution >= 4 is 0 Å². The highest BCUT2D eigenvalue weighted by molar-refractivity contribution is 5.01. The lowest BCUT2D eigenvalue weighted by Crippen LogP contribution is -2.36. The third-order valence-electron chi connectivity index (χ3n) is 3.08. The van der Waals surface area contributed by atoms with Crippen LogP contribution in [0.15, 0.2) is 0 Å². The summed E-state index contributed by atoms with van der Waals surface area (Å²) in [5.41, 5.74) is 0.519. The summed E-state index contributed by atoms with van der Waals surface area (Å²) in [6.45, 7) is 6.91. The summed E-state index contributed by atoms with van der Waals surface area (Å²) in [4.78, 5) is 0. The number of hydrogen-bond donors (Lipinski definition) is 1. The van der Waals surface area contributed by atoms with E-state index < -0.39 is 0 Å². The summed E-state index contributed by atoms with van der Waals surface area (Å²) >= 11 is 0. The van der Waals surface area contributed by atoms with Gasteiger partial charge in [-0.3, -0.25) is 0 Å². The van der Waals surface area contributed by atoms with Crippen LogP contribution in [0.5, 0.6) is 0 Å². The fourth-order valence-corrected chi connectivity index (χ4v) is 1.75. The van der Waals surface area contributed by atoms with Crippen molar-refractivity contribution in [3.05, 3.63) is 0 Å². The van der Waals surface area contributed by atoms with E-state index in [2.05, 4.69) is 19.2 Å². The second-order valence-corrected chi connectivity index (χ2v) is 4.76. The molecular weight excluding hydrogens is 166 g/mol. The van der Waals surface area contributed by atoms with Crippen molar-refractivity contribution in [1.82, 2.24) is 5.32 Å². The molecule has 1 aliphatic heterocycles. The second-order valence-electron chi connectivity index (χ2n) is 4.76. The minimum atomic E-state index is 0.366. The summed E-state index contributed by atoms with van der Waals surface area (Å²) in [6.07, 6.45) is 2.70. The number of rotatable bonds is 3. The Morgan fingerprint density at radius 1 is 1.46 bits per heavy atom. The van der Waals surface area contributed by atoms with Crippen molar-refractivity contribution < 1.29 is 9.47 Å². The van der Waals surface area contributed by atoms with Gasteiger partial charge in [-0.05, 0) is 18.3 Å². The van der Waals surface area contributed by atoms with Gasteiger partial charge in [-0.1, -0.05) is 13.8 Å². The monoisotopic (exact) mass is 185 g/mol.